The average Bonchev–Trinajstić information content (AvgIpc) is 2.47. The third kappa shape index (κ3) is 3.66. The number of hydrogen-bond donors (Lipinski definition) is 3. The largest absolute Gasteiger partial charge is 0.398 e. The highest BCUT2D eigenvalue weighted by molar-refractivity contribution is 7.98. The van der Waals surface area contributed by atoms with Gasteiger partial charge in [0.2, 0.25) is 0 Å². The van der Waals surface area contributed by atoms with E-state index in [4.69, 9.17) is 23.2 Å². The minimum Gasteiger partial charge on any atom is -0.398 e. The lowest BCUT2D eigenvalue weighted by molar-refractivity contribution is 0.0953. The van der Waals surface area contributed by atoms with Gasteiger partial charge in [-0.3, -0.25) is 10.2 Å². The Hall–Kier alpha value is -1.76. The van der Waals surface area contributed by atoms with E-state index < -0.39 is 11.7 Å². The molecule has 1 amide bonds. The Morgan fingerprint density at radius 2 is 2.10 bits per heavy atom. The van der Waals surface area contributed by atoms with E-state index in [9.17, 15) is 9.18 Å². The molecule has 0 aliphatic rings. The smallest absolute Gasteiger partial charge is 0.265 e. The van der Waals surface area contributed by atoms with Crippen LogP contribution in [-0.4, -0.2) is 5.91 Å². The van der Waals surface area contributed by atoms with Crippen molar-refractivity contribution in [2.75, 3.05) is 5.73 Å². The van der Waals surface area contributed by atoms with Crippen LogP contribution < -0.4 is 17.0 Å². The Kier molecular flexibility index (Phi) is 5.06. The van der Waals surface area contributed by atoms with Gasteiger partial charge in [0.25, 0.3) is 5.91 Å². The fourth-order valence-corrected chi connectivity index (χ4v) is 3.04. The number of amides is 1. The van der Waals surface area contributed by atoms with Gasteiger partial charge in [0.05, 0.1) is 5.02 Å². The van der Waals surface area contributed by atoms with Crippen molar-refractivity contribution in [3.8, 4) is 0 Å². The number of nitrogens with two attached hydrogens (primary N) is 2. The monoisotopic (exact) mass is 325 g/mol. The molecule has 0 atom stereocenters. The molecular formula is C14H13ClFN3OS. The molecule has 110 valence electrons. The first-order valence-corrected chi connectivity index (χ1v) is 7.35. The molecule has 7 heteroatoms. The molecule has 0 heterocycles. The normalized spacial score (nSPS) is 10.4. The van der Waals surface area contributed by atoms with Crippen LogP contribution in [0.2, 0.25) is 5.02 Å². The van der Waals surface area contributed by atoms with Crippen LogP contribution in [0.3, 0.4) is 0 Å². The van der Waals surface area contributed by atoms with Crippen molar-refractivity contribution < 1.29 is 9.18 Å². The summed E-state index contributed by atoms with van der Waals surface area (Å²) in [4.78, 5) is 12.1. The summed E-state index contributed by atoms with van der Waals surface area (Å²) in [5, 5.41) is 0.510. The Labute approximate surface area is 130 Å². The van der Waals surface area contributed by atoms with Gasteiger partial charge in [-0.15, -0.1) is 11.8 Å². The third-order valence-corrected chi connectivity index (χ3v) is 4.44. The van der Waals surface area contributed by atoms with Gasteiger partial charge in [-0.25, -0.2) is 10.2 Å². The van der Waals surface area contributed by atoms with Crippen LogP contribution in [-0.2, 0) is 5.75 Å². The second-order valence-corrected chi connectivity index (χ2v) is 5.62. The number of nitrogens with one attached hydrogen (secondary N) is 1. The number of rotatable bonds is 4. The fraction of sp³-hybridized carbons (Fsp3) is 0.0714. The van der Waals surface area contributed by atoms with Gasteiger partial charge in [-0.1, -0.05) is 17.7 Å². The predicted molar refractivity (Wildman–Crippen MR) is 83.5 cm³/mol. The third-order valence-electron chi connectivity index (χ3n) is 2.81. The number of hydrazine groups is 1. The highest BCUT2D eigenvalue weighted by atomic mass is 35.5. The maximum Gasteiger partial charge on any atom is 0.265 e. The molecule has 4 nitrogen and oxygen atoms in total. The minimum atomic E-state index is -0.474. The lowest BCUT2D eigenvalue weighted by Crippen LogP contribution is -2.30. The molecular weight excluding hydrogens is 313 g/mol. The summed E-state index contributed by atoms with van der Waals surface area (Å²) in [5.74, 6) is 4.49. The standard InChI is InChI=1S/C14H13ClFN3OS/c15-10-2-1-3-12(17)13(10)21-7-9-6-8(14(20)19-18)4-5-11(9)16/h1-6H,7,17-18H2,(H,19,20). The van der Waals surface area contributed by atoms with Crippen molar-refractivity contribution in [1.29, 1.82) is 0 Å². The number of carbonyl (C=O) groups is 1. The van der Waals surface area contributed by atoms with E-state index in [1.807, 2.05) is 5.43 Å². The SMILES string of the molecule is NNC(=O)c1ccc(F)c(CSc2c(N)cccc2Cl)c1. The molecule has 0 spiro atoms. The molecule has 0 fully saturated rings. The molecule has 2 aromatic rings. The van der Waals surface area contributed by atoms with Gasteiger partial charge in [0.1, 0.15) is 5.82 Å². The van der Waals surface area contributed by atoms with Crippen molar-refractivity contribution in [1.82, 2.24) is 5.43 Å². The first-order valence-electron chi connectivity index (χ1n) is 5.99. The van der Waals surface area contributed by atoms with Crippen LogP contribution in [0, 0.1) is 5.82 Å². The van der Waals surface area contributed by atoms with Crippen molar-refractivity contribution in [3.05, 3.63) is 58.4 Å². The molecule has 21 heavy (non-hydrogen) atoms. The number of thioether (sulfide) groups is 1. The number of hydrogen-bond acceptors (Lipinski definition) is 4. The fourth-order valence-electron chi connectivity index (χ4n) is 1.74. The molecule has 5 N–H and O–H groups in total. The van der Waals surface area contributed by atoms with Crippen LogP contribution in [0.4, 0.5) is 10.1 Å². The molecule has 0 aliphatic carbocycles. The van der Waals surface area contributed by atoms with Gasteiger partial charge >= 0.3 is 0 Å². The Morgan fingerprint density at radius 3 is 2.76 bits per heavy atom. The van der Waals surface area contributed by atoms with Crippen LogP contribution in [0.15, 0.2) is 41.3 Å². The summed E-state index contributed by atoms with van der Waals surface area (Å²) in [6.07, 6.45) is 0. The summed E-state index contributed by atoms with van der Waals surface area (Å²) < 4.78 is 13.8. The summed E-state index contributed by atoms with van der Waals surface area (Å²) in [6, 6.07) is 9.25. The molecule has 0 saturated carbocycles. The minimum absolute atomic E-state index is 0.293. The zero-order chi connectivity index (χ0) is 15.4. The van der Waals surface area contributed by atoms with Gasteiger partial charge in [0.15, 0.2) is 0 Å². The molecule has 0 aliphatic heterocycles. The predicted octanol–water partition coefficient (Wildman–Crippen LogP) is 2.96. The van der Waals surface area contributed by atoms with Gasteiger partial charge < -0.3 is 5.73 Å². The van der Waals surface area contributed by atoms with E-state index in [1.54, 1.807) is 18.2 Å². The number of carbonyl (C=O) groups excluding carboxylic acids is 1. The maximum absolute atomic E-state index is 13.8. The second kappa shape index (κ2) is 6.80. The zero-order valence-electron chi connectivity index (χ0n) is 10.9. The maximum atomic E-state index is 13.8. The second-order valence-electron chi connectivity index (χ2n) is 4.23. The van der Waals surface area contributed by atoms with Crippen molar-refractivity contribution in [3.63, 3.8) is 0 Å². The molecule has 0 radical (unpaired) electrons. The van der Waals surface area contributed by atoms with Gasteiger partial charge in [0, 0.05) is 21.9 Å². The summed E-state index contributed by atoms with van der Waals surface area (Å²) in [7, 11) is 0. The Bertz CT molecular complexity index is 661. The first kappa shape index (κ1) is 15.6. The van der Waals surface area contributed by atoms with Crippen molar-refractivity contribution in [2.45, 2.75) is 10.6 Å². The lowest BCUT2D eigenvalue weighted by Gasteiger charge is -2.09. The van der Waals surface area contributed by atoms with Gasteiger partial charge in [-0.05, 0) is 35.9 Å². The van der Waals surface area contributed by atoms with Crippen molar-refractivity contribution >= 4 is 35.0 Å². The van der Waals surface area contributed by atoms with E-state index in [1.165, 1.54) is 30.0 Å². The first-order chi connectivity index (χ1) is 10.0. The molecule has 0 aromatic heterocycles. The van der Waals surface area contributed by atoms with Gasteiger partial charge in [-0.2, -0.15) is 0 Å². The highest BCUT2D eigenvalue weighted by Gasteiger charge is 2.11. The Balaban J connectivity index is 2.22. The average molecular weight is 326 g/mol. The molecule has 0 unspecified atom stereocenters. The number of anilines is 1. The van der Waals surface area contributed by atoms with Crippen LogP contribution in [0.1, 0.15) is 15.9 Å². The molecule has 2 rings (SSSR count). The van der Waals surface area contributed by atoms with E-state index in [2.05, 4.69) is 0 Å². The number of nitrogen functional groups attached to an aromatic ring is 2. The lowest BCUT2D eigenvalue weighted by atomic mass is 10.1. The van der Waals surface area contributed by atoms with Crippen LogP contribution in [0.25, 0.3) is 0 Å². The quantitative estimate of drug-likeness (QED) is 0.265. The molecule has 2 aromatic carbocycles. The van der Waals surface area contributed by atoms with E-state index >= 15 is 0 Å². The summed E-state index contributed by atoms with van der Waals surface area (Å²) in [5.41, 5.74) is 9.05. The summed E-state index contributed by atoms with van der Waals surface area (Å²) >= 11 is 7.37. The van der Waals surface area contributed by atoms with Crippen LogP contribution >= 0.6 is 23.4 Å². The van der Waals surface area contributed by atoms with E-state index in [-0.39, 0.29) is 0 Å². The molecule has 0 bridgehead atoms. The van der Waals surface area contributed by atoms with E-state index in [0.29, 0.717) is 32.5 Å². The zero-order valence-corrected chi connectivity index (χ0v) is 12.5. The van der Waals surface area contributed by atoms with Crippen LogP contribution in [0.5, 0.6) is 0 Å². The molecule has 0 saturated heterocycles. The summed E-state index contributed by atoms with van der Waals surface area (Å²) in [6.45, 7) is 0. The highest BCUT2D eigenvalue weighted by Crippen LogP contribution is 2.34. The topological polar surface area (TPSA) is 81.1 Å². The van der Waals surface area contributed by atoms with E-state index in [0.717, 1.165) is 0 Å². The number of benzene rings is 2. The Morgan fingerprint density at radius 1 is 1.33 bits per heavy atom. The number of halogens is 2. The van der Waals surface area contributed by atoms with Crippen molar-refractivity contribution in [2.24, 2.45) is 5.84 Å².